The van der Waals surface area contributed by atoms with Crippen LogP contribution >= 0.6 is 0 Å². The van der Waals surface area contributed by atoms with Crippen LogP contribution in [-0.4, -0.2) is 27.6 Å². The van der Waals surface area contributed by atoms with E-state index in [-0.39, 0.29) is 5.95 Å². The van der Waals surface area contributed by atoms with Crippen LogP contribution in [0.2, 0.25) is 0 Å². The molecule has 1 aromatic heterocycles. The van der Waals surface area contributed by atoms with Crippen molar-refractivity contribution in [3.05, 3.63) is 17.3 Å². The highest BCUT2D eigenvalue weighted by Gasteiger charge is 2.07. The van der Waals surface area contributed by atoms with Crippen LogP contribution in [0.1, 0.15) is 18.2 Å². The second kappa shape index (κ2) is 5.11. The van der Waals surface area contributed by atoms with E-state index < -0.39 is 5.97 Å². The molecule has 1 aromatic rings. The summed E-state index contributed by atoms with van der Waals surface area (Å²) in [7, 11) is 0. The molecule has 6 nitrogen and oxygen atoms in total. The Labute approximate surface area is 93.2 Å². The van der Waals surface area contributed by atoms with Gasteiger partial charge in [-0.1, -0.05) is 0 Å². The normalized spacial score (nSPS) is 10.6. The van der Waals surface area contributed by atoms with Gasteiger partial charge in [-0.25, -0.2) is 9.78 Å². The first-order valence-corrected chi connectivity index (χ1v) is 4.83. The van der Waals surface area contributed by atoms with Gasteiger partial charge in [0.15, 0.2) is 0 Å². The van der Waals surface area contributed by atoms with Gasteiger partial charge in [0.1, 0.15) is 5.82 Å². The van der Waals surface area contributed by atoms with Crippen LogP contribution in [0.25, 0.3) is 6.08 Å². The van der Waals surface area contributed by atoms with E-state index in [1.54, 1.807) is 6.92 Å². The van der Waals surface area contributed by atoms with Crippen LogP contribution in [0, 0.1) is 6.92 Å². The van der Waals surface area contributed by atoms with E-state index in [2.05, 4.69) is 15.3 Å². The highest BCUT2D eigenvalue weighted by molar-refractivity contribution is 5.86. The van der Waals surface area contributed by atoms with E-state index in [9.17, 15) is 4.79 Å². The predicted octanol–water partition coefficient (Wildman–Crippen LogP) is 0.897. The number of aryl methyl sites for hydroxylation is 1. The van der Waals surface area contributed by atoms with Crippen molar-refractivity contribution < 1.29 is 9.90 Å². The van der Waals surface area contributed by atoms with E-state index in [0.717, 1.165) is 6.08 Å². The average molecular weight is 222 g/mol. The largest absolute Gasteiger partial charge is 0.478 e. The molecule has 0 amide bonds. The lowest BCUT2D eigenvalue weighted by Crippen LogP contribution is -2.07. The molecule has 86 valence electrons. The lowest BCUT2D eigenvalue weighted by Gasteiger charge is -2.09. The molecule has 0 radical (unpaired) electrons. The molecule has 0 atom stereocenters. The summed E-state index contributed by atoms with van der Waals surface area (Å²) in [4.78, 5) is 18.4. The van der Waals surface area contributed by atoms with Gasteiger partial charge in [-0.3, -0.25) is 0 Å². The Kier molecular flexibility index (Phi) is 3.82. The van der Waals surface area contributed by atoms with E-state index in [4.69, 9.17) is 10.8 Å². The van der Waals surface area contributed by atoms with Crippen LogP contribution in [0.15, 0.2) is 6.08 Å². The maximum Gasteiger partial charge on any atom is 0.328 e. The molecule has 0 saturated heterocycles. The van der Waals surface area contributed by atoms with Crippen LogP contribution < -0.4 is 11.1 Å². The van der Waals surface area contributed by atoms with Gasteiger partial charge in [0.05, 0.1) is 5.69 Å². The quantitative estimate of drug-likeness (QED) is 0.654. The maximum absolute atomic E-state index is 10.4. The van der Waals surface area contributed by atoms with Gasteiger partial charge in [-0.15, -0.1) is 0 Å². The maximum atomic E-state index is 10.4. The summed E-state index contributed by atoms with van der Waals surface area (Å²) in [5.41, 5.74) is 6.79. The number of anilines is 2. The van der Waals surface area contributed by atoms with Gasteiger partial charge in [0.2, 0.25) is 5.95 Å². The van der Waals surface area contributed by atoms with E-state index >= 15 is 0 Å². The number of rotatable bonds is 4. The van der Waals surface area contributed by atoms with E-state index in [0.29, 0.717) is 23.6 Å². The van der Waals surface area contributed by atoms with Gasteiger partial charge in [0.25, 0.3) is 0 Å². The average Bonchev–Trinajstić information content (AvgIpc) is 2.16. The van der Waals surface area contributed by atoms with Crippen molar-refractivity contribution in [1.29, 1.82) is 0 Å². The summed E-state index contributed by atoms with van der Waals surface area (Å²) in [6, 6.07) is 0. The van der Waals surface area contributed by atoms with Crippen LogP contribution in [0.5, 0.6) is 0 Å². The molecular formula is C10H14N4O2. The molecule has 0 bridgehead atoms. The van der Waals surface area contributed by atoms with Crippen LogP contribution in [-0.2, 0) is 4.79 Å². The molecule has 16 heavy (non-hydrogen) atoms. The van der Waals surface area contributed by atoms with Crippen molar-refractivity contribution >= 4 is 23.8 Å². The van der Waals surface area contributed by atoms with Crippen molar-refractivity contribution in [1.82, 2.24) is 9.97 Å². The fraction of sp³-hybridized carbons (Fsp3) is 0.300. The first kappa shape index (κ1) is 12.0. The number of aromatic nitrogens is 2. The Bertz CT molecular complexity index is 429. The van der Waals surface area contributed by atoms with Crippen molar-refractivity contribution in [3.8, 4) is 0 Å². The molecule has 0 spiro atoms. The summed E-state index contributed by atoms with van der Waals surface area (Å²) < 4.78 is 0. The molecular weight excluding hydrogens is 208 g/mol. The highest BCUT2D eigenvalue weighted by Crippen LogP contribution is 2.18. The predicted molar refractivity (Wildman–Crippen MR) is 62.0 cm³/mol. The molecule has 0 aliphatic carbocycles. The number of nitrogens with zero attached hydrogens (tertiary/aromatic N) is 2. The molecule has 0 fully saturated rings. The first-order chi connectivity index (χ1) is 7.54. The van der Waals surface area contributed by atoms with Crippen molar-refractivity contribution in [2.24, 2.45) is 0 Å². The lowest BCUT2D eigenvalue weighted by atomic mass is 10.2. The molecule has 1 heterocycles. The number of hydrogen-bond acceptors (Lipinski definition) is 5. The Morgan fingerprint density at radius 1 is 1.56 bits per heavy atom. The molecule has 0 unspecified atom stereocenters. The number of nitrogens with two attached hydrogens (primary N) is 1. The summed E-state index contributed by atoms with van der Waals surface area (Å²) in [5, 5.41) is 11.6. The smallest absolute Gasteiger partial charge is 0.328 e. The van der Waals surface area contributed by atoms with Crippen LogP contribution in [0.3, 0.4) is 0 Å². The number of nitrogens with one attached hydrogen (secondary N) is 1. The second-order valence-corrected chi connectivity index (χ2v) is 3.13. The van der Waals surface area contributed by atoms with E-state index in [1.165, 1.54) is 6.08 Å². The summed E-state index contributed by atoms with van der Waals surface area (Å²) in [6.07, 6.45) is 2.50. The van der Waals surface area contributed by atoms with Crippen molar-refractivity contribution in [3.63, 3.8) is 0 Å². The molecule has 6 heteroatoms. The topological polar surface area (TPSA) is 101 Å². The third kappa shape index (κ3) is 2.94. The minimum absolute atomic E-state index is 0.168. The third-order valence-electron chi connectivity index (χ3n) is 1.89. The Morgan fingerprint density at radius 2 is 2.25 bits per heavy atom. The number of nitrogen functional groups attached to an aromatic ring is 1. The monoisotopic (exact) mass is 222 g/mol. The van der Waals surface area contributed by atoms with E-state index in [1.807, 2.05) is 6.92 Å². The minimum atomic E-state index is -1.02. The zero-order chi connectivity index (χ0) is 12.1. The number of hydrogen-bond donors (Lipinski definition) is 3. The van der Waals surface area contributed by atoms with Crippen molar-refractivity contribution in [2.75, 3.05) is 17.6 Å². The van der Waals surface area contributed by atoms with Gasteiger partial charge in [0, 0.05) is 18.2 Å². The van der Waals surface area contributed by atoms with Crippen LogP contribution in [0.4, 0.5) is 11.8 Å². The first-order valence-electron chi connectivity index (χ1n) is 4.83. The second-order valence-electron chi connectivity index (χ2n) is 3.13. The SMILES string of the molecule is CCNc1nc(N)nc(C)c1/C=C/C(=O)O. The van der Waals surface area contributed by atoms with Gasteiger partial charge in [-0.05, 0) is 19.9 Å². The van der Waals surface area contributed by atoms with Crippen molar-refractivity contribution in [2.45, 2.75) is 13.8 Å². The zero-order valence-electron chi connectivity index (χ0n) is 9.19. The summed E-state index contributed by atoms with van der Waals surface area (Å²) in [6.45, 7) is 4.34. The number of aliphatic carboxylic acids is 1. The summed E-state index contributed by atoms with van der Waals surface area (Å²) >= 11 is 0. The van der Waals surface area contributed by atoms with Gasteiger partial charge < -0.3 is 16.2 Å². The Morgan fingerprint density at radius 3 is 2.81 bits per heavy atom. The highest BCUT2D eigenvalue weighted by atomic mass is 16.4. The number of carbonyl (C=O) groups is 1. The fourth-order valence-electron chi connectivity index (χ4n) is 1.26. The molecule has 4 N–H and O–H groups in total. The number of carboxylic acid groups (broad SMARTS) is 1. The zero-order valence-corrected chi connectivity index (χ0v) is 9.19. The van der Waals surface area contributed by atoms with Gasteiger partial charge in [-0.2, -0.15) is 4.98 Å². The lowest BCUT2D eigenvalue weighted by molar-refractivity contribution is -0.131. The molecule has 1 rings (SSSR count). The summed E-state index contributed by atoms with van der Waals surface area (Å²) in [5.74, 6) is -0.301. The Balaban J connectivity index is 3.18. The fourth-order valence-corrected chi connectivity index (χ4v) is 1.26. The standard InChI is InChI=1S/C10H14N4O2/c1-3-12-9-7(4-5-8(15)16)6(2)13-10(11)14-9/h4-5H,3H2,1-2H3,(H,15,16)(H3,11,12,13,14)/b5-4+. The Hall–Kier alpha value is -2.11. The molecule has 0 saturated carbocycles. The van der Waals surface area contributed by atoms with Gasteiger partial charge >= 0.3 is 5.97 Å². The molecule has 0 aliphatic heterocycles. The molecule has 0 aromatic carbocycles. The third-order valence-corrected chi connectivity index (χ3v) is 1.89. The minimum Gasteiger partial charge on any atom is -0.478 e. The molecule has 0 aliphatic rings. The number of carboxylic acids is 1.